The predicted octanol–water partition coefficient (Wildman–Crippen LogP) is 4.81. The van der Waals surface area contributed by atoms with Gasteiger partial charge in [0.2, 0.25) is 10.7 Å². The monoisotopic (exact) mass is 445 g/mol. The molecule has 0 bridgehead atoms. The van der Waals surface area contributed by atoms with Crippen molar-refractivity contribution in [2.24, 2.45) is 0 Å². The van der Waals surface area contributed by atoms with E-state index in [0.29, 0.717) is 28.6 Å². The van der Waals surface area contributed by atoms with E-state index in [0.717, 1.165) is 16.8 Å². The molecule has 162 valence electrons. The minimum Gasteiger partial charge on any atom is -0.496 e. The highest BCUT2D eigenvalue weighted by Gasteiger charge is 2.18. The van der Waals surface area contributed by atoms with Gasteiger partial charge in [-0.05, 0) is 55.5 Å². The van der Waals surface area contributed by atoms with Crippen LogP contribution < -0.4 is 10.1 Å². The highest BCUT2D eigenvalue weighted by molar-refractivity contribution is 7.71. The summed E-state index contributed by atoms with van der Waals surface area (Å²) in [5, 5.41) is 7.61. The molecule has 1 N–H and O–H groups in total. The molecule has 0 saturated heterocycles. The quantitative estimate of drug-likeness (QED) is 0.413. The van der Waals surface area contributed by atoms with Gasteiger partial charge in [-0.25, -0.2) is 4.68 Å². The van der Waals surface area contributed by atoms with Gasteiger partial charge in [-0.3, -0.25) is 14.3 Å². The number of pyridine rings is 1. The molecule has 2 aromatic heterocycles. The highest BCUT2D eigenvalue weighted by Crippen LogP contribution is 2.30. The number of methoxy groups -OCH3 is 1. The molecule has 0 fully saturated rings. The molecule has 2 heterocycles. The number of anilines is 1. The lowest BCUT2D eigenvalue weighted by atomic mass is 10.1. The van der Waals surface area contributed by atoms with Crippen LogP contribution in [0.3, 0.4) is 0 Å². The Morgan fingerprint density at radius 1 is 1.09 bits per heavy atom. The summed E-state index contributed by atoms with van der Waals surface area (Å²) in [4.78, 5) is 16.4. The molecule has 0 aliphatic heterocycles. The molecule has 4 aromatic rings. The van der Waals surface area contributed by atoms with E-state index in [1.165, 1.54) is 0 Å². The van der Waals surface area contributed by atoms with Gasteiger partial charge in [0, 0.05) is 18.3 Å². The molecule has 0 radical (unpaired) electrons. The second kappa shape index (κ2) is 9.57. The number of rotatable bonds is 7. The van der Waals surface area contributed by atoms with Crippen LogP contribution >= 0.6 is 12.2 Å². The molecule has 0 saturated carbocycles. The van der Waals surface area contributed by atoms with Gasteiger partial charge in [0.25, 0.3) is 0 Å². The smallest absolute Gasteiger partial charge is 0.226 e. The third-order valence-corrected chi connectivity index (χ3v) is 5.37. The molecule has 8 heteroatoms. The van der Waals surface area contributed by atoms with Gasteiger partial charge in [0.1, 0.15) is 5.75 Å². The van der Waals surface area contributed by atoms with Crippen LogP contribution in [0.15, 0.2) is 73.1 Å². The van der Waals surface area contributed by atoms with Crippen LogP contribution in [-0.4, -0.2) is 32.3 Å². The van der Waals surface area contributed by atoms with Gasteiger partial charge in [0.05, 0.1) is 31.1 Å². The van der Waals surface area contributed by atoms with Crippen LogP contribution in [0.5, 0.6) is 5.75 Å². The summed E-state index contributed by atoms with van der Waals surface area (Å²) < 4.78 is 9.65. The number of para-hydroxylation sites is 1. The first-order valence-corrected chi connectivity index (χ1v) is 10.6. The standard InChI is InChI=1S/C24H23N5O2S/c1-17-9-11-19(12-10-17)29-23(20-7-3-4-8-21(20)31-2)27-28(24(29)32)15-13-22(30)26-18-6-5-14-25-16-18/h3-12,14,16H,13,15H2,1-2H3,(H,26,30). The van der Waals surface area contributed by atoms with Crippen molar-refractivity contribution in [3.63, 3.8) is 0 Å². The SMILES string of the molecule is COc1ccccc1-c1nn(CCC(=O)Nc2cccnc2)c(=S)n1-c1ccc(C)cc1. The van der Waals surface area contributed by atoms with Crippen molar-refractivity contribution >= 4 is 23.8 Å². The first-order valence-electron chi connectivity index (χ1n) is 10.2. The number of ether oxygens (including phenoxy) is 1. The largest absolute Gasteiger partial charge is 0.496 e. The molecule has 0 unspecified atom stereocenters. The van der Waals surface area contributed by atoms with Crippen molar-refractivity contribution in [2.75, 3.05) is 12.4 Å². The number of aryl methyl sites for hydroxylation is 2. The number of nitrogens with zero attached hydrogens (tertiary/aromatic N) is 4. The van der Waals surface area contributed by atoms with Crippen LogP contribution in [0.4, 0.5) is 5.69 Å². The zero-order chi connectivity index (χ0) is 22.5. The molecule has 2 aromatic carbocycles. The number of aromatic nitrogens is 4. The highest BCUT2D eigenvalue weighted by atomic mass is 32.1. The summed E-state index contributed by atoms with van der Waals surface area (Å²) >= 11 is 5.77. The molecule has 32 heavy (non-hydrogen) atoms. The van der Waals surface area contributed by atoms with Gasteiger partial charge in [0.15, 0.2) is 5.82 Å². The number of hydrogen-bond acceptors (Lipinski definition) is 5. The molecular weight excluding hydrogens is 422 g/mol. The molecule has 0 aliphatic carbocycles. The molecule has 4 rings (SSSR count). The van der Waals surface area contributed by atoms with Gasteiger partial charge in [-0.2, -0.15) is 5.10 Å². The zero-order valence-electron chi connectivity index (χ0n) is 17.9. The summed E-state index contributed by atoms with van der Waals surface area (Å²) in [6.45, 7) is 2.38. The number of carbonyl (C=O) groups is 1. The Balaban J connectivity index is 1.68. The number of nitrogens with one attached hydrogen (secondary N) is 1. The predicted molar refractivity (Wildman–Crippen MR) is 127 cm³/mol. The van der Waals surface area contributed by atoms with Crippen LogP contribution in [0.25, 0.3) is 17.1 Å². The van der Waals surface area contributed by atoms with E-state index >= 15 is 0 Å². The van der Waals surface area contributed by atoms with E-state index in [1.54, 1.807) is 36.3 Å². The van der Waals surface area contributed by atoms with Gasteiger partial charge in [-0.15, -0.1) is 0 Å². The molecule has 1 amide bonds. The average molecular weight is 446 g/mol. The topological polar surface area (TPSA) is 74.0 Å². The number of benzene rings is 2. The van der Waals surface area contributed by atoms with E-state index in [4.69, 9.17) is 22.1 Å². The third kappa shape index (κ3) is 4.60. The maximum absolute atomic E-state index is 12.4. The van der Waals surface area contributed by atoms with E-state index in [1.807, 2.05) is 60.0 Å². The zero-order valence-corrected chi connectivity index (χ0v) is 18.7. The van der Waals surface area contributed by atoms with Crippen molar-refractivity contribution in [1.29, 1.82) is 0 Å². The summed E-state index contributed by atoms with van der Waals surface area (Å²) in [7, 11) is 1.63. The number of hydrogen-bond donors (Lipinski definition) is 1. The molecule has 0 aliphatic rings. The van der Waals surface area contributed by atoms with E-state index in [9.17, 15) is 4.79 Å². The van der Waals surface area contributed by atoms with Crippen molar-refractivity contribution < 1.29 is 9.53 Å². The normalized spacial score (nSPS) is 10.7. The Hall–Kier alpha value is -3.78. The molecule has 0 spiro atoms. The molecular formula is C24H23N5O2S. The van der Waals surface area contributed by atoms with Crippen molar-refractivity contribution in [1.82, 2.24) is 19.3 Å². The third-order valence-electron chi connectivity index (χ3n) is 4.98. The lowest BCUT2D eigenvalue weighted by molar-refractivity contribution is -0.116. The van der Waals surface area contributed by atoms with Gasteiger partial charge >= 0.3 is 0 Å². The Morgan fingerprint density at radius 3 is 2.59 bits per heavy atom. The number of carbonyl (C=O) groups excluding carboxylic acids is 1. The van der Waals surface area contributed by atoms with E-state index < -0.39 is 0 Å². The van der Waals surface area contributed by atoms with Crippen LogP contribution in [-0.2, 0) is 11.3 Å². The fourth-order valence-corrected chi connectivity index (χ4v) is 3.68. The Kier molecular flexibility index (Phi) is 6.42. The van der Waals surface area contributed by atoms with Crippen LogP contribution in [0.2, 0.25) is 0 Å². The van der Waals surface area contributed by atoms with Crippen molar-refractivity contribution in [2.45, 2.75) is 19.9 Å². The fourth-order valence-electron chi connectivity index (χ4n) is 3.35. The average Bonchev–Trinajstić information content (AvgIpc) is 3.15. The Morgan fingerprint density at radius 2 is 1.88 bits per heavy atom. The second-order valence-corrected chi connectivity index (χ2v) is 7.61. The lowest BCUT2D eigenvalue weighted by Gasteiger charge is -2.10. The summed E-state index contributed by atoms with van der Waals surface area (Å²) in [6.07, 6.45) is 3.49. The summed E-state index contributed by atoms with van der Waals surface area (Å²) in [5.41, 5.74) is 3.52. The first-order chi connectivity index (χ1) is 15.6. The minimum atomic E-state index is -0.136. The lowest BCUT2D eigenvalue weighted by Crippen LogP contribution is -2.15. The van der Waals surface area contributed by atoms with Crippen molar-refractivity contribution in [3.8, 4) is 22.8 Å². The number of amides is 1. The van der Waals surface area contributed by atoms with Gasteiger partial charge < -0.3 is 10.1 Å². The molecule has 7 nitrogen and oxygen atoms in total. The van der Waals surface area contributed by atoms with Crippen LogP contribution in [0.1, 0.15) is 12.0 Å². The van der Waals surface area contributed by atoms with E-state index in [-0.39, 0.29) is 12.3 Å². The minimum absolute atomic E-state index is 0.136. The fraction of sp³-hybridized carbons (Fsp3) is 0.167. The summed E-state index contributed by atoms with van der Waals surface area (Å²) in [5.74, 6) is 1.22. The maximum Gasteiger partial charge on any atom is 0.226 e. The summed E-state index contributed by atoms with van der Waals surface area (Å²) in [6, 6.07) is 19.3. The van der Waals surface area contributed by atoms with Crippen molar-refractivity contribution in [3.05, 3.63) is 83.4 Å². The molecule has 0 atom stereocenters. The Bertz CT molecular complexity index is 1280. The van der Waals surface area contributed by atoms with Crippen LogP contribution in [0, 0.1) is 11.7 Å². The Labute approximate surface area is 191 Å². The van der Waals surface area contributed by atoms with Gasteiger partial charge in [-0.1, -0.05) is 29.8 Å². The maximum atomic E-state index is 12.4. The first kappa shape index (κ1) is 21.5. The second-order valence-electron chi connectivity index (χ2n) is 7.24. The van der Waals surface area contributed by atoms with E-state index in [2.05, 4.69) is 10.3 Å².